The Morgan fingerprint density at radius 1 is 1.25 bits per heavy atom. The fourth-order valence-corrected chi connectivity index (χ4v) is 6.63. The van der Waals surface area contributed by atoms with Crippen molar-refractivity contribution >= 4 is 23.3 Å². The van der Waals surface area contributed by atoms with Gasteiger partial charge in [0.05, 0.1) is 6.61 Å². The van der Waals surface area contributed by atoms with E-state index in [0.717, 1.165) is 41.2 Å². The molecule has 1 aromatic heterocycles. The van der Waals surface area contributed by atoms with Crippen molar-refractivity contribution in [2.45, 2.75) is 70.9 Å². The number of nitrogens with zero attached hydrogens (tertiary/aromatic N) is 2. The first kappa shape index (κ1) is 26.6. The number of aliphatic imine (C=N–C) groups is 1. The number of aromatic nitrogens is 1. The SMILES string of the molecule is C=C(N)N=C/C=C(\C)c1cnc(NCc2cccc(C(NC3CC4(CCNCC4)C3)=C3CCC3)c2)c2c1OCC2. The fourth-order valence-electron chi connectivity index (χ4n) is 6.63. The average Bonchev–Trinajstić information content (AvgIpc) is 3.40. The summed E-state index contributed by atoms with van der Waals surface area (Å²) in [6, 6.07) is 9.62. The molecule has 6 rings (SSSR count). The number of nitrogens with two attached hydrogens (primary N) is 1. The minimum absolute atomic E-state index is 0.285. The lowest BCUT2D eigenvalue weighted by Crippen LogP contribution is -2.52. The topological polar surface area (TPSA) is 96.6 Å². The molecule has 4 aliphatic rings. The molecule has 0 bridgehead atoms. The van der Waals surface area contributed by atoms with Crippen molar-refractivity contribution in [3.63, 3.8) is 0 Å². The molecule has 0 atom stereocenters. The summed E-state index contributed by atoms with van der Waals surface area (Å²) in [5.41, 5.74) is 14.8. The highest BCUT2D eigenvalue weighted by atomic mass is 16.5. The van der Waals surface area contributed by atoms with Gasteiger partial charge in [0.2, 0.25) is 0 Å². The van der Waals surface area contributed by atoms with Gasteiger partial charge in [-0.2, -0.15) is 0 Å². The highest BCUT2D eigenvalue weighted by Gasteiger charge is 2.44. The number of hydrogen-bond donors (Lipinski definition) is 4. The van der Waals surface area contributed by atoms with E-state index in [1.807, 2.05) is 19.2 Å². The van der Waals surface area contributed by atoms with Crippen LogP contribution in [0.25, 0.3) is 11.3 Å². The van der Waals surface area contributed by atoms with Crippen LogP contribution in [0.4, 0.5) is 5.82 Å². The second-order valence-electron chi connectivity index (χ2n) is 11.9. The standard InChI is InChI=1S/C33H42N6O/c1-22(9-13-36-23(2)34)29-21-38-32(28-10-16-40-31(28)29)37-20-24-5-3-8-26(17-24)30(25-6-4-7-25)39-27-18-33(19-27)11-14-35-15-12-33/h3,5,8-9,13,17,21,27,35,39H,2,4,6-7,10-12,14-16,18-20,34H2,1H3,(H,37,38)/b22-9+,36-13?. The number of benzene rings is 1. The fraction of sp³-hybridized carbons (Fsp3) is 0.455. The monoisotopic (exact) mass is 538 g/mol. The molecule has 2 aliphatic heterocycles. The molecule has 7 heteroatoms. The molecule has 2 aliphatic carbocycles. The predicted molar refractivity (Wildman–Crippen MR) is 164 cm³/mol. The molecule has 2 saturated carbocycles. The minimum atomic E-state index is 0.285. The lowest BCUT2D eigenvalue weighted by Gasteiger charge is -2.51. The van der Waals surface area contributed by atoms with Gasteiger partial charge in [0.1, 0.15) is 17.4 Å². The molecule has 0 amide bonds. The van der Waals surface area contributed by atoms with Gasteiger partial charge in [-0.05, 0) is 105 Å². The number of pyridine rings is 1. The maximum absolute atomic E-state index is 6.04. The Morgan fingerprint density at radius 3 is 2.83 bits per heavy atom. The van der Waals surface area contributed by atoms with E-state index in [0.29, 0.717) is 18.1 Å². The van der Waals surface area contributed by atoms with Gasteiger partial charge in [-0.25, -0.2) is 9.98 Å². The number of nitrogens with one attached hydrogen (secondary N) is 3. The van der Waals surface area contributed by atoms with Gasteiger partial charge in [0.15, 0.2) is 0 Å². The Hall–Kier alpha value is -3.58. The van der Waals surface area contributed by atoms with E-state index in [2.05, 4.69) is 51.8 Å². The number of piperidine rings is 1. The van der Waals surface area contributed by atoms with Crippen LogP contribution in [-0.2, 0) is 13.0 Å². The molecular formula is C33H42N6O. The molecule has 1 spiro atoms. The normalized spacial score (nSPS) is 20.0. The molecule has 1 saturated heterocycles. The van der Waals surface area contributed by atoms with Crippen LogP contribution in [0.15, 0.2) is 59.5 Å². The van der Waals surface area contributed by atoms with Crippen LogP contribution in [0, 0.1) is 5.41 Å². The molecule has 3 fully saturated rings. The zero-order chi connectivity index (χ0) is 27.5. The van der Waals surface area contributed by atoms with Gasteiger partial charge in [-0.15, -0.1) is 0 Å². The summed E-state index contributed by atoms with van der Waals surface area (Å²) in [5.74, 6) is 2.09. The molecule has 0 unspecified atom stereocenters. The van der Waals surface area contributed by atoms with Gasteiger partial charge in [0.25, 0.3) is 0 Å². The van der Waals surface area contributed by atoms with E-state index in [-0.39, 0.29) is 5.82 Å². The third-order valence-electron chi connectivity index (χ3n) is 9.07. The Kier molecular flexibility index (Phi) is 7.65. The predicted octanol–water partition coefficient (Wildman–Crippen LogP) is 5.55. The second-order valence-corrected chi connectivity index (χ2v) is 11.9. The largest absolute Gasteiger partial charge is 0.492 e. The number of anilines is 1. The molecule has 5 N–H and O–H groups in total. The van der Waals surface area contributed by atoms with Gasteiger partial charge < -0.3 is 26.4 Å². The molecule has 210 valence electrons. The Balaban J connectivity index is 1.14. The molecule has 2 aromatic rings. The van der Waals surface area contributed by atoms with Crippen molar-refractivity contribution in [3.8, 4) is 5.75 Å². The summed E-state index contributed by atoms with van der Waals surface area (Å²) in [6.45, 7) is 9.38. The summed E-state index contributed by atoms with van der Waals surface area (Å²) in [5, 5.41) is 11.1. The zero-order valence-electron chi connectivity index (χ0n) is 23.7. The number of allylic oxidation sites excluding steroid dienone is 3. The van der Waals surface area contributed by atoms with Crippen LogP contribution >= 0.6 is 0 Å². The first-order chi connectivity index (χ1) is 19.5. The van der Waals surface area contributed by atoms with Gasteiger partial charge >= 0.3 is 0 Å². The molecule has 7 nitrogen and oxygen atoms in total. The highest BCUT2D eigenvalue weighted by molar-refractivity contribution is 5.86. The third-order valence-corrected chi connectivity index (χ3v) is 9.07. The lowest BCUT2D eigenvalue weighted by atomic mass is 9.60. The van der Waals surface area contributed by atoms with Crippen molar-refractivity contribution < 1.29 is 4.74 Å². The summed E-state index contributed by atoms with van der Waals surface area (Å²) in [4.78, 5) is 8.84. The minimum Gasteiger partial charge on any atom is -0.492 e. The van der Waals surface area contributed by atoms with E-state index in [4.69, 9.17) is 15.5 Å². The number of ether oxygens (including phenoxy) is 1. The second kappa shape index (κ2) is 11.5. The van der Waals surface area contributed by atoms with E-state index in [1.165, 1.54) is 74.9 Å². The number of fused-ring (bicyclic) bond motifs is 1. The smallest absolute Gasteiger partial charge is 0.135 e. The van der Waals surface area contributed by atoms with Crippen molar-refractivity contribution in [2.75, 3.05) is 25.0 Å². The number of hydrogen-bond acceptors (Lipinski definition) is 7. The van der Waals surface area contributed by atoms with Crippen LogP contribution in [0.1, 0.15) is 74.1 Å². The Bertz CT molecular complexity index is 1350. The molecular weight excluding hydrogens is 496 g/mol. The summed E-state index contributed by atoms with van der Waals surface area (Å²) in [7, 11) is 0. The van der Waals surface area contributed by atoms with Crippen LogP contribution < -0.4 is 26.4 Å². The summed E-state index contributed by atoms with van der Waals surface area (Å²) in [6.07, 6.45) is 15.3. The zero-order valence-corrected chi connectivity index (χ0v) is 23.7. The van der Waals surface area contributed by atoms with Gasteiger partial charge in [0, 0.05) is 48.2 Å². The van der Waals surface area contributed by atoms with E-state index < -0.39 is 0 Å². The van der Waals surface area contributed by atoms with Crippen molar-refractivity contribution in [3.05, 3.63) is 76.8 Å². The van der Waals surface area contributed by atoms with E-state index in [1.54, 1.807) is 11.8 Å². The maximum atomic E-state index is 6.04. The maximum Gasteiger partial charge on any atom is 0.135 e. The van der Waals surface area contributed by atoms with Gasteiger partial charge in [-0.3, -0.25) is 0 Å². The Labute approximate surface area is 238 Å². The van der Waals surface area contributed by atoms with Crippen LogP contribution in [-0.4, -0.2) is 36.9 Å². The summed E-state index contributed by atoms with van der Waals surface area (Å²) < 4.78 is 6.04. The molecule has 0 radical (unpaired) electrons. The summed E-state index contributed by atoms with van der Waals surface area (Å²) >= 11 is 0. The molecule has 1 aromatic carbocycles. The molecule has 40 heavy (non-hydrogen) atoms. The first-order valence-electron chi connectivity index (χ1n) is 14.8. The van der Waals surface area contributed by atoms with Crippen molar-refractivity contribution in [2.24, 2.45) is 16.1 Å². The quantitative estimate of drug-likeness (QED) is 0.313. The third kappa shape index (κ3) is 5.66. The van der Waals surface area contributed by atoms with Crippen LogP contribution in [0.5, 0.6) is 5.75 Å². The highest BCUT2D eigenvalue weighted by Crippen LogP contribution is 2.49. The van der Waals surface area contributed by atoms with Crippen molar-refractivity contribution in [1.29, 1.82) is 0 Å². The average molecular weight is 539 g/mol. The van der Waals surface area contributed by atoms with E-state index >= 15 is 0 Å². The first-order valence-corrected chi connectivity index (χ1v) is 14.8. The van der Waals surface area contributed by atoms with Gasteiger partial charge in [-0.1, -0.05) is 24.8 Å². The lowest BCUT2D eigenvalue weighted by molar-refractivity contribution is 0.0533. The van der Waals surface area contributed by atoms with Crippen molar-refractivity contribution in [1.82, 2.24) is 15.6 Å². The van der Waals surface area contributed by atoms with Crippen LogP contribution in [0.2, 0.25) is 0 Å². The number of rotatable bonds is 9. The molecule has 3 heterocycles. The Morgan fingerprint density at radius 2 is 2.08 bits per heavy atom. The van der Waals surface area contributed by atoms with Crippen LogP contribution in [0.3, 0.4) is 0 Å². The van der Waals surface area contributed by atoms with E-state index in [9.17, 15) is 0 Å².